The van der Waals surface area contributed by atoms with Crippen LogP contribution in [0.1, 0.15) is 105 Å². The highest BCUT2D eigenvalue weighted by Gasteiger charge is 2.50. The van der Waals surface area contributed by atoms with Gasteiger partial charge in [0.15, 0.2) is 0 Å². The van der Waals surface area contributed by atoms with Gasteiger partial charge in [-0.25, -0.2) is 0 Å². The lowest BCUT2D eigenvalue weighted by atomic mass is 9.60. The molecule has 2 heteroatoms. The molecule has 0 aliphatic heterocycles. The predicted octanol–water partition coefficient (Wildman–Crippen LogP) is 8.19. The first-order valence-electron chi connectivity index (χ1n) is 13.0. The molecule has 3 aliphatic rings. The Labute approximate surface area is 191 Å². The predicted molar refractivity (Wildman–Crippen MR) is 131 cm³/mol. The molecular weight excluding hydrogens is 380 g/mol. The van der Waals surface area contributed by atoms with Gasteiger partial charge in [0.05, 0.1) is 0 Å². The van der Waals surface area contributed by atoms with Gasteiger partial charge in [0, 0.05) is 13.3 Å². The van der Waals surface area contributed by atoms with Crippen LogP contribution in [0, 0.1) is 29.1 Å². The molecule has 0 amide bonds. The second kappa shape index (κ2) is 10.5. The van der Waals surface area contributed by atoms with Gasteiger partial charge in [-0.2, -0.15) is 0 Å². The van der Waals surface area contributed by atoms with Crippen LogP contribution in [-0.4, -0.2) is 12.1 Å². The van der Waals surface area contributed by atoms with E-state index in [-0.39, 0.29) is 12.1 Å². The summed E-state index contributed by atoms with van der Waals surface area (Å²) in [6, 6.07) is 0. The number of fused-ring (bicyclic) bond motifs is 1. The van der Waals surface area contributed by atoms with Crippen LogP contribution in [0.15, 0.2) is 35.5 Å². The molecule has 0 aromatic rings. The lowest BCUT2D eigenvalue weighted by molar-refractivity contribution is -0.146. The first kappa shape index (κ1) is 24.3. The molecule has 5 atom stereocenters. The Kier molecular flexibility index (Phi) is 8.27. The molecule has 0 saturated heterocycles. The Bertz CT molecular complexity index is 712. The number of carbonyl (C=O) groups excluding carboxylic acids is 1. The van der Waals surface area contributed by atoms with Gasteiger partial charge in [-0.15, -0.1) is 0 Å². The van der Waals surface area contributed by atoms with Gasteiger partial charge in [-0.3, -0.25) is 4.79 Å². The monoisotopic (exact) mass is 426 g/mol. The highest BCUT2D eigenvalue weighted by molar-refractivity contribution is 5.66. The minimum absolute atomic E-state index is 0.0202. The molecule has 3 fully saturated rings. The molecule has 3 saturated carbocycles. The van der Waals surface area contributed by atoms with Crippen molar-refractivity contribution in [3.63, 3.8) is 0 Å². The lowest BCUT2D eigenvalue weighted by Crippen LogP contribution is -2.36. The van der Waals surface area contributed by atoms with Crippen molar-refractivity contribution in [3.8, 4) is 0 Å². The molecule has 0 radical (unpaired) electrons. The zero-order chi connectivity index (χ0) is 22.6. The molecule has 5 unspecified atom stereocenters. The van der Waals surface area contributed by atoms with E-state index in [9.17, 15) is 4.79 Å². The third-order valence-electron chi connectivity index (χ3n) is 8.67. The van der Waals surface area contributed by atoms with Crippen LogP contribution in [0.4, 0.5) is 0 Å². The lowest BCUT2D eigenvalue weighted by Gasteiger charge is -2.44. The van der Waals surface area contributed by atoms with Crippen LogP contribution in [0.25, 0.3) is 0 Å². The van der Waals surface area contributed by atoms with E-state index in [1.807, 2.05) is 0 Å². The zero-order valence-electron chi connectivity index (χ0n) is 20.8. The van der Waals surface area contributed by atoms with Crippen molar-refractivity contribution in [2.45, 2.75) is 111 Å². The van der Waals surface area contributed by atoms with Gasteiger partial charge in [-0.1, -0.05) is 76.8 Å². The number of hydrogen-bond acceptors (Lipinski definition) is 2. The van der Waals surface area contributed by atoms with Crippen LogP contribution in [0.5, 0.6) is 0 Å². The standard InChI is InChI=1S/C29H46O2/c1-20(2)9-7-10-22(4)27-16-17-28-24(11-8-18-29(27,28)6)13-14-25-19-26(31-23(5)30)15-12-21(25)3/h13-14,20,22,26-28H,3,7-12,15-19H2,1-2,4-6H3. The quantitative estimate of drug-likeness (QED) is 0.383. The van der Waals surface area contributed by atoms with Gasteiger partial charge < -0.3 is 4.74 Å². The summed E-state index contributed by atoms with van der Waals surface area (Å²) in [5, 5.41) is 0. The fraction of sp³-hybridized carbons (Fsp3) is 0.759. The molecule has 2 nitrogen and oxygen atoms in total. The number of esters is 1. The molecule has 3 rings (SSSR count). The van der Waals surface area contributed by atoms with E-state index >= 15 is 0 Å². The van der Waals surface area contributed by atoms with Crippen LogP contribution in [0.3, 0.4) is 0 Å². The molecule has 0 aromatic heterocycles. The minimum atomic E-state index is -0.169. The number of ether oxygens (including phenoxy) is 1. The van der Waals surface area contributed by atoms with E-state index in [0.717, 1.165) is 42.9 Å². The van der Waals surface area contributed by atoms with Gasteiger partial charge >= 0.3 is 5.97 Å². The molecule has 3 aliphatic carbocycles. The SMILES string of the molecule is C=C1CCC(OC(C)=O)CC1=CC=C1CCCC2(C)C1CCC2C(C)CCCC(C)C. The van der Waals surface area contributed by atoms with Gasteiger partial charge in [0.25, 0.3) is 0 Å². The first-order valence-corrected chi connectivity index (χ1v) is 13.0. The van der Waals surface area contributed by atoms with Crippen molar-refractivity contribution in [3.05, 3.63) is 35.5 Å². The molecular formula is C29H46O2. The summed E-state index contributed by atoms with van der Waals surface area (Å²) in [5.41, 5.74) is 4.65. The Hall–Kier alpha value is -1.31. The normalized spacial score (nSPS) is 34.9. The second-order valence-electron chi connectivity index (χ2n) is 11.4. The van der Waals surface area contributed by atoms with E-state index < -0.39 is 0 Å². The summed E-state index contributed by atoms with van der Waals surface area (Å²) in [6.07, 6.45) is 18.3. The number of rotatable bonds is 7. The van der Waals surface area contributed by atoms with Gasteiger partial charge in [0.2, 0.25) is 0 Å². The Morgan fingerprint density at radius 1 is 1.16 bits per heavy atom. The molecule has 0 heterocycles. The van der Waals surface area contributed by atoms with Crippen LogP contribution in [-0.2, 0) is 9.53 Å². The van der Waals surface area contributed by atoms with Crippen molar-refractivity contribution >= 4 is 5.97 Å². The summed E-state index contributed by atoms with van der Waals surface area (Å²) in [5.74, 6) is 3.12. The van der Waals surface area contributed by atoms with Crippen molar-refractivity contribution in [1.29, 1.82) is 0 Å². The third kappa shape index (κ3) is 5.93. The van der Waals surface area contributed by atoms with Crippen molar-refractivity contribution in [2.24, 2.45) is 29.1 Å². The van der Waals surface area contributed by atoms with Crippen molar-refractivity contribution in [1.82, 2.24) is 0 Å². The third-order valence-corrected chi connectivity index (χ3v) is 8.67. The van der Waals surface area contributed by atoms with Crippen LogP contribution < -0.4 is 0 Å². The Balaban J connectivity index is 1.69. The van der Waals surface area contributed by atoms with Crippen molar-refractivity contribution < 1.29 is 9.53 Å². The first-order chi connectivity index (χ1) is 14.7. The molecule has 0 aromatic carbocycles. The summed E-state index contributed by atoms with van der Waals surface area (Å²) < 4.78 is 5.49. The zero-order valence-corrected chi connectivity index (χ0v) is 20.8. The average molecular weight is 427 g/mol. The second-order valence-corrected chi connectivity index (χ2v) is 11.4. The molecule has 31 heavy (non-hydrogen) atoms. The number of hydrogen-bond donors (Lipinski definition) is 0. The average Bonchev–Trinajstić information content (AvgIpc) is 3.05. The van der Waals surface area contributed by atoms with E-state index in [1.165, 1.54) is 69.4 Å². The molecule has 174 valence electrons. The Morgan fingerprint density at radius 2 is 1.94 bits per heavy atom. The van der Waals surface area contributed by atoms with Gasteiger partial charge in [0.1, 0.15) is 6.10 Å². The summed E-state index contributed by atoms with van der Waals surface area (Å²) in [4.78, 5) is 11.4. The minimum Gasteiger partial charge on any atom is -0.462 e. The van der Waals surface area contributed by atoms with Crippen LogP contribution >= 0.6 is 0 Å². The molecule has 0 bridgehead atoms. The van der Waals surface area contributed by atoms with E-state index in [4.69, 9.17) is 4.74 Å². The maximum atomic E-state index is 11.4. The van der Waals surface area contributed by atoms with E-state index in [2.05, 4.69) is 46.4 Å². The summed E-state index contributed by atoms with van der Waals surface area (Å²) >= 11 is 0. The highest BCUT2D eigenvalue weighted by Crippen LogP contribution is 2.60. The van der Waals surface area contributed by atoms with Crippen molar-refractivity contribution in [2.75, 3.05) is 0 Å². The summed E-state index contributed by atoms with van der Waals surface area (Å²) in [7, 11) is 0. The topological polar surface area (TPSA) is 26.3 Å². The van der Waals surface area contributed by atoms with Gasteiger partial charge in [-0.05, 0) is 79.6 Å². The molecule has 0 spiro atoms. The van der Waals surface area contributed by atoms with E-state index in [1.54, 1.807) is 5.57 Å². The number of carbonyl (C=O) groups is 1. The maximum Gasteiger partial charge on any atom is 0.302 e. The largest absolute Gasteiger partial charge is 0.462 e. The van der Waals surface area contributed by atoms with Crippen LogP contribution in [0.2, 0.25) is 0 Å². The fourth-order valence-corrected chi connectivity index (χ4v) is 6.98. The molecule has 0 N–H and O–H groups in total. The summed E-state index contributed by atoms with van der Waals surface area (Å²) in [6.45, 7) is 15.6. The van der Waals surface area contributed by atoms with E-state index in [0.29, 0.717) is 5.41 Å². The number of allylic oxidation sites excluding steroid dienone is 4. The Morgan fingerprint density at radius 3 is 2.65 bits per heavy atom. The smallest absolute Gasteiger partial charge is 0.302 e. The fourth-order valence-electron chi connectivity index (χ4n) is 6.98. The maximum absolute atomic E-state index is 11.4. The highest BCUT2D eigenvalue weighted by atomic mass is 16.5.